The highest BCUT2D eigenvalue weighted by atomic mass is 32.1. The lowest BCUT2D eigenvalue weighted by molar-refractivity contribution is -0.857. The number of H-pyrrole nitrogens is 1. The molecule has 1 aromatic heterocycles. The lowest BCUT2D eigenvalue weighted by Crippen LogP contribution is -3.06. The minimum Gasteiger partial charge on any atom is -0.360 e. The van der Waals surface area contributed by atoms with E-state index in [1.807, 2.05) is 18.2 Å². The zero-order chi connectivity index (χ0) is 20.1. The predicted molar refractivity (Wildman–Crippen MR) is 120 cm³/mol. The smallest absolute Gasteiger partial charge is 0.253 e. The molecule has 3 N–H and O–H groups in total. The molecule has 0 spiro atoms. The van der Waals surface area contributed by atoms with Gasteiger partial charge in [-0.05, 0) is 55.6 Å². The maximum Gasteiger partial charge on any atom is 0.253 e. The average molecular weight is 402 g/mol. The summed E-state index contributed by atoms with van der Waals surface area (Å²) >= 11 is 5.76. The van der Waals surface area contributed by atoms with Crippen LogP contribution in [0.25, 0.3) is 10.9 Å². The van der Waals surface area contributed by atoms with Gasteiger partial charge in [-0.3, -0.25) is 4.79 Å². The fourth-order valence-corrected chi connectivity index (χ4v) is 4.14. The van der Waals surface area contributed by atoms with Gasteiger partial charge in [0.15, 0.2) is 5.11 Å². The number of nitrogens with one attached hydrogen (secondary N) is 3. The molecule has 0 saturated heterocycles. The molecule has 1 aromatic carbocycles. The second-order valence-electron chi connectivity index (χ2n) is 8.38. The molecule has 2 aromatic rings. The fourth-order valence-electron chi connectivity index (χ4n) is 3.82. The Labute approximate surface area is 173 Å². The number of pyridine rings is 1. The maximum absolute atomic E-state index is 12.7. The first-order valence-corrected chi connectivity index (χ1v) is 10.8. The summed E-state index contributed by atoms with van der Waals surface area (Å²) in [5.41, 5.74) is 2.80. The van der Waals surface area contributed by atoms with Gasteiger partial charge in [-0.2, -0.15) is 0 Å². The summed E-state index contributed by atoms with van der Waals surface area (Å²) < 4.78 is 0. The molecule has 0 amide bonds. The van der Waals surface area contributed by atoms with E-state index in [0.717, 1.165) is 34.7 Å². The number of fused-ring (bicyclic) bond motifs is 1. The number of nitrogens with zero attached hydrogens (tertiary/aromatic N) is 1. The molecule has 0 bridgehead atoms. The molecule has 1 heterocycles. The molecule has 0 radical (unpaired) electrons. The molecule has 1 aliphatic carbocycles. The fraction of sp³-hybridized carbons (Fsp3) is 0.545. The van der Waals surface area contributed by atoms with Crippen LogP contribution in [0.15, 0.2) is 29.1 Å². The van der Waals surface area contributed by atoms with Crippen LogP contribution in [0.5, 0.6) is 0 Å². The van der Waals surface area contributed by atoms with E-state index in [4.69, 9.17) is 12.2 Å². The Morgan fingerprint density at radius 1 is 1.25 bits per heavy atom. The van der Waals surface area contributed by atoms with E-state index in [1.165, 1.54) is 42.6 Å². The van der Waals surface area contributed by atoms with Crippen LogP contribution < -0.4 is 15.8 Å². The van der Waals surface area contributed by atoms with Crippen molar-refractivity contribution in [3.05, 3.63) is 45.7 Å². The van der Waals surface area contributed by atoms with Gasteiger partial charge in [-0.15, -0.1) is 0 Å². The molecule has 152 valence electrons. The first kappa shape index (κ1) is 20.8. The van der Waals surface area contributed by atoms with E-state index in [9.17, 15) is 4.79 Å². The summed E-state index contributed by atoms with van der Waals surface area (Å²) in [6.45, 7) is 4.40. The highest BCUT2D eigenvalue weighted by Gasteiger charge is 2.19. The van der Waals surface area contributed by atoms with E-state index < -0.39 is 0 Å². The number of hydrogen-bond donors (Lipinski definition) is 3. The molecule has 0 unspecified atom stereocenters. The number of thiocarbonyl (C=S) groups is 1. The topological polar surface area (TPSA) is 52.6 Å². The molecule has 5 nitrogen and oxygen atoms in total. The molecule has 0 atom stereocenters. The number of aromatic amines is 1. The van der Waals surface area contributed by atoms with Crippen LogP contribution in [0.4, 0.5) is 0 Å². The second-order valence-corrected chi connectivity index (χ2v) is 8.76. The summed E-state index contributed by atoms with van der Waals surface area (Å²) in [6.07, 6.45) is 6.23. The van der Waals surface area contributed by atoms with Gasteiger partial charge in [0, 0.05) is 17.1 Å². The van der Waals surface area contributed by atoms with Crippen molar-refractivity contribution in [2.75, 3.05) is 27.2 Å². The van der Waals surface area contributed by atoms with E-state index >= 15 is 0 Å². The van der Waals surface area contributed by atoms with Crippen LogP contribution in [0.2, 0.25) is 0 Å². The number of rotatable bonds is 6. The van der Waals surface area contributed by atoms with E-state index in [0.29, 0.717) is 12.6 Å². The van der Waals surface area contributed by atoms with Gasteiger partial charge >= 0.3 is 0 Å². The van der Waals surface area contributed by atoms with Gasteiger partial charge < -0.3 is 20.1 Å². The Bertz CT molecular complexity index is 870. The second kappa shape index (κ2) is 9.52. The predicted octanol–water partition coefficient (Wildman–Crippen LogP) is 1.99. The highest BCUT2D eigenvalue weighted by Crippen LogP contribution is 2.18. The standard InChI is InChI=1S/C22H32N4OS/c1-16-9-10-20-17(13-16)14-18(21(27)24-20)15-26(12-11-25(2)3)22(28)23-19-7-5-4-6-8-19/h9-10,13-14,19H,4-8,11-12,15H2,1-3H3,(H,23,28)(H,24,27)/p+1. The number of aryl methyl sites for hydroxylation is 1. The first-order chi connectivity index (χ1) is 13.4. The van der Waals surface area contributed by atoms with Crippen LogP contribution >= 0.6 is 12.2 Å². The van der Waals surface area contributed by atoms with Crippen LogP contribution in [-0.4, -0.2) is 48.2 Å². The van der Waals surface area contributed by atoms with Crippen molar-refractivity contribution >= 4 is 28.2 Å². The van der Waals surface area contributed by atoms with Crippen LogP contribution in [-0.2, 0) is 6.54 Å². The lowest BCUT2D eigenvalue weighted by atomic mass is 9.96. The van der Waals surface area contributed by atoms with Gasteiger partial charge in [0.25, 0.3) is 5.56 Å². The summed E-state index contributed by atoms with van der Waals surface area (Å²) in [5, 5.41) is 5.41. The average Bonchev–Trinajstić information content (AvgIpc) is 2.66. The van der Waals surface area contributed by atoms with Crippen molar-refractivity contribution in [2.45, 2.75) is 51.6 Å². The van der Waals surface area contributed by atoms with Crippen molar-refractivity contribution in [3.8, 4) is 0 Å². The summed E-state index contributed by atoms with van der Waals surface area (Å²) in [5.74, 6) is 0. The summed E-state index contributed by atoms with van der Waals surface area (Å²) in [6, 6.07) is 8.58. The normalized spacial score (nSPS) is 15.1. The summed E-state index contributed by atoms with van der Waals surface area (Å²) in [7, 11) is 4.28. The van der Waals surface area contributed by atoms with Crippen molar-refractivity contribution in [1.29, 1.82) is 0 Å². The number of aromatic nitrogens is 1. The summed E-state index contributed by atoms with van der Waals surface area (Å²) in [4.78, 5) is 19.2. The molecular formula is C22H33N4OS+. The zero-order valence-electron chi connectivity index (χ0n) is 17.3. The minimum absolute atomic E-state index is 0.0287. The van der Waals surface area contributed by atoms with Crippen molar-refractivity contribution in [2.24, 2.45) is 0 Å². The third kappa shape index (κ3) is 5.55. The molecule has 0 aliphatic heterocycles. The number of likely N-dealkylation sites (N-methyl/N-ethyl adjacent to an activating group) is 1. The van der Waals surface area contributed by atoms with E-state index in [1.54, 1.807) is 0 Å². The van der Waals surface area contributed by atoms with Crippen molar-refractivity contribution < 1.29 is 4.90 Å². The Hall–Kier alpha value is -1.92. The van der Waals surface area contributed by atoms with Gasteiger partial charge in [0.2, 0.25) is 0 Å². The number of benzene rings is 1. The Kier molecular flexibility index (Phi) is 7.08. The molecule has 6 heteroatoms. The highest BCUT2D eigenvalue weighted by molar-refractivity contribution is 7.80. The number of quaternary nitrogens is 1. The monoisotopic (exact) mass is 401 g/mol. The lowest BCUT2D eigenvalue weighted by Gasteiger charge is -2.31. The Balaban J connectivity index is 1.79. The minimum atomic E-state index is -0.0287. The maximum atomic E-state index is 12.7. The molecule has 1 fully saturated rings. The van der Waals surface area contributed by atoms with Crippen molar-refractivity contribution in [1.82, 2.24) is 15.2 Å². The molecular weight excluding hydrogens is 368 g/mol. The van der Waals surface area contributed by atoms with Gasteiger partial charge in [-0.25, -0.2) is 0 Å². The van der Waals surface area contributed by atoms with E-state index in [-0.39, 0.29) is 5.56 Å². The molecule has 1 saturated carbocycles. The van der Waals surface area contributed by atoms with Gasteiger partial charge in [0.1, 0.15) is 0 Å². The molecule has 3 rings (SSSR count). The van der Waals surface area contributed by atoms with E-state index in [2.05, 4.69) is 42.3 Å². The Morgan fingerprint density at radius 3 is 2.71 bits per heavy atom. The first-order valence-electron chi connectivity index (χ1n) is 10.4. The quantitative estimate of drug-likeness (QED) is 0.648. The van der Waals surface area contributed by atoms with Crippen molar-refractivity contribution in [3.63, 3.8) is 0 Å². The van der Waals surface area contributed by atoms with Crippen LogP contribution in [0.1, 0.15) is 43.2 Å². The number of hydrogen-bond acceptors (Lipinski definition) is 2. The SMILES string of the molecule is Cc1ccc2[nH]c(=O)c(CN(CC[NH+](C)C)C(=S)NC3CCCCC3)cc2c1. The third-order valence-electron chi connectivity index (χ3n) is 5.54. The van der Waals surface area contributed by atoms with Crippen LogP contribution in [0, 0.1) is 6.92 Å². The zero-order valence-corrected chi connectivity index (χ0v) is 18.1. The largest absolute Gasteiger partial charge is 0.360 e. The van der Waals surface area contributed by atoms with Gasteiger partial charge in [0.05, 0.1) is 33.7 Å². The van der Waals surface area contributed by atoms with Crippen LogP contribution in [0.3, 0.4) is 0 Å². The molecule has 28 heavy (non-hydrogen) atoms. The van der Waals surface area contributed by atoms with Gasteiger partial charge in [-0.1, -0.05) is 30.9 Å². The Morgan fingerprint density at radius 2 is 2.00 bits per heavy atom. The third-order valence-corrected chi connectivity index (χ3v) is 5.92. The molecule has 1 aliphatic rings.